The van der Waals surface area contributed by atoms with E-state index in [9.17, 15) is 22.8 Å². The van der Waals surface area contributed by atoms with Gasteiger partial charge in [0.15, 0.2) is 6.04 Å². The van der Waals surface area contributed by atoms with Crippen molar-refractivity contribution in [2.75, 3.05) is 10.6 Å². The third-order valence-electron chi connectivity index (χ3n) is 6.91. The molecule has 2 aliphatic rings. The SMILES string of the molecule is Cc1ccc([C@H]2C[C@H](C(F)(F)F)n3ncc(C(=O)Nc4sc5c(c4C(=O)OC(C)C)CCCC5)c3N2)cc1. The summed E-state index contributed by atoms with van der Waals surface area (Å²) in [6, 6.07) is 4.70. The first kappa shape index (κ1) is 26.3. The van der Waals surface area contributed by atoms with E-state index in [1.165, 1.54) is 11.3 Å². The number of esters is 1. The number of nitrogens with zero attached hydrogens (tertiary/aromatic N) is 2. The molecule has 3 heterocycles. The van der Waals surface area contributed by atoms with E-state index >= 15 is 0 Å². The average Bonchev–Trinajstić information content (AvgIpc) is 3.44. The molecule has 2 aromatic heterocycles. The van der Waals surface area contributed by atoms with Crippen molar-refractivity contribution >= 4 is 34.0 Å². The van der Waals surface area contributed by atoms with Gasteiger partial charge in [0.25, 0.3) is 5.91 Å². The second-order valence-electron chi connectivity index (χ2n) is 10.1. The van der Waals surface area contributed by atoms with Crippen LogP contribution in [0.2, 0.25) is 0 Å². The van der Waals surface area contributed by atoms with Gasteiger partial charge in [0.1, 0.15) is 16.4 Å². The maximum atomic E-state index is 14.1. The summed E-state index contributed by atoms with van der Waals surface area (Å²) in [7, 11) is 0. The average molecular weight is 547 g/mol. The van der Waals surface area contributed by atoms with Crippen LogP contribution in [0, 0.1) is 6.92 Å². The molecular formula is C27H29F3N4O3S. The van der Waals surface area contributed by atoms with Gasteiger partial charge >= 0.3 is 12.1 Å². The lowest BCUT2D eigenvalue weighted by Gasteiger charge is -2.34. The third kappa shape index (κ3) is 5.03. The summed E-state index contributed by atoms with van der Waals surface area (Å²) in [6.45, 7) is 5.41. The number of carbonyl (C=O) groups excluding carboxylic acids is 2. The summed E-state index contributed by atoms with van der Waals surface area (Å²) < 4.78 is 48.5. The van der Waals surface area contributed by atoms with Crippen LogP contribution in [-0.4, -0.2) is 33.9 Å². The molecule has 5 rings (SSSR count). The first-order chi connectivity index (χ1) is 18.0. The zero-order chi connectivity index (χ0) is 27.2. The summed E-state index contributed by atoms with van der Waals surface area (Å²) in [5, 5.41) is 10.2. The molecule has 0 radical (unpaired) electrons. The molecule has 1 aliphatic carbocycles. The minimum atomic E-state index is -4.56. The number of anilines is 2. The Kier molecular flexibility index (Phi) is 6.97. The monoisotopic (exact) mass is 546 g/mol. The highest BCUT2D eigenvalue weighted by Gasteiger charge is 2.47. The maximum Gasteiger partial charge on any atom is 0.410 e. The Morgan fingerprint density at radius 3 is 2.58 bits per heavy atom. The first-order valence-electron chi connectivity index (χ1n) is 12.7. The molecule has 202 valence electrons. The van der Waals surface area contributed by atoms with Crippen LogP contribution >= 0.6 is 11.3 Å². The molecule has 0 fully saturated rings. The maximum absolute atomic E-state index is 14.1. The predicted molar refractivity (Wildman–Crippen MR) is 139 cm³/mol. The minimum Gasteiger partial charge on any atom is -0.459 e. The lowest BCUT2D eigenvalue weighted by molar-refractivity contribution is -0.173. The number of aromatic nitrogens is 2. The Morgan fingerprint density at radius 1 is 1.18 bits per heavy atom. The van der Waals surface area contributed by atoms with Gasteiger partial charge in [0, 0.05) is 11.3 Å². The van der Waals surface area contributed by atoms with E-state index in [0.29, 0.717) is 22.5 Å². The molecule has 0 unspecified atom stereocenters. The molecule has 1 aromatic carbocycles. The van der Waals surface area contributed by atoms with Crippen LogP contribution in [0.5, 0.6) is 0 Å². The fourth-order valence-electron chi connectivity index (χ4n) is 5.06. The number of amides is 1. The topological polar surface area (TPSA) is 85.2 Å². The molecular weight excluding hydrogens is 517 g/mol. The molecule has 7 nitrogen and oxygen atoms in total. The van der Waals surface area contributed by atoms with E-state index in [1.54, 1.807) is 26.0 Å². The van der Waals surface area contributed by atoms with Crippen LogP contribution in [0.15, 0.2) is 30.5 Å². The van der Waals surface area contributed by atoms with Crippen molar-refractivity contribution < 1.29 is 27.5 Å². The molecule has 38 heavy (non-hydrogen) atoms. The summed E-state index contributed by atoms with van der Waals surface area (Å²) in [6.07, 6.45) is -0.582. The molecule has 3 aromatic rings. The van der Waals surface area contributed by atoms with Crippen molar-refractivity contribution in [2.45, 2.75) is 77.2 Å². The van der Waals surface area contributed by atoms with Gasteiger partial charge in [-0.15, -0.1) is 11.3 Å². The molecule has 11 heteroatoms. The third-order valence-corrected chi connectivity index (χ3v) is 8.12. The van der Waals surface area contributed by atoms with E-state index in [2.05, 4.69) is 15.7 Å². The lowest BCUT2D eigenvalue weighted by Crippen LogP contribution is -2.36. The van der Waals surface area contributed by atoms with Crippen LogP contribution in [-0.2, 0) is 17.6 Å². The van der Waals surface area contributed by atoms with Crippen molar-refractivity contribution in [2.24, 2.45) is 0 Å². The van der Waals surface area contributed by atoms with Crippen LogP contribution in [0.1, 0.15) is 87.5 Å². The summed E-state index contributed by atoms with van der Waals surface area (Å²) >= 11 is 1.32. The van der Waals surface area contributed by atoms with Gasteiger partial charge < -0.3 is 15.4 Å². The number of nitrogens with one attached hydrogen (secondary N) is 2. The molecule has 1 aliphatic heterocycles. The fourth-order valence-corrected chi connectivity index (χ4v) is 6.33. The minimum absolute atomic E-state index is 0.00530. The number of benzene rings is 1. The Bertz CT molecular complexity index is 1360. The molecule has 2 atom stereocenters. The summed E-state index contributed by atoms with van der Waals surface area (Å²) in [4.78, 5) is 27.5. The second-order valence-corrected chi connectivity index (χ2v) is 11.2. The van der Waals surface area contributed by atoms with Gasteiger partial charge in [-0.2, -0.15) is 18.3 Å². The number of hydrogen-bond donors (Lipinski definition) is 2. The van der Waals surface area contributed by atoms with Crippen molar-refractivity contribution in [3.05, 3.63) is 63.2 Å². The number of fused-ring (bicyclic) bond motifs is 2. The molecule has 0 saturated carbocycles. The van der Waals surface area contributed by atoms with E-state index in [4.69, 9.17) is 4.74 Å². The van der Waals surface area contributed by atoms with Crippen molar-refractivity contribution in [1.29, 1.82) is 0 Å². The lowest BCUT2D eigenvalue weighted by atomic mass is 9.95. The molecule has 0 bridgehead atoms. The summed E-state index contributed by atoms with van der Waals surface area (Å²) in [5.41, 5.74) is 2.88. The zero-order valence-corrected chi connectivity index (χ0v) is 22.1. The fraction of sp³-hybridized carbons (Fsp3) is 0.444. The number of thiophene rings is 1. The quantitative estimate of drug-likeness (QED) is 0.352. The molecule has 1 amide bonds. The van der Waals surface area contributed by atoms with Gasteiger partial charge in [0.2, 0.25) is 0 Å². The standard InChI is InChI=1S/C27H29F3N4O3S/c1-14(2)37-26(36)22-17-6-4-5-7-20(17)38-25(22)33-24(35)18-13-31-34-21(27(28,29)30)12-19(32-23(18)34)16-10-8-15(3)9-11-16/h8-11,13-14,19,21,32H,4-7,12H2,1-3H3,(H,33,35)/t19-,21-/m1/s1. The largest absolute Gasteiger partial charge is 0.459 e. The van der Waals surface area contributed by atoms with E-state index in [-0.39, 0.29) is 23.9 Å². The first-order valence-corrected chi connectivity index (χ1v) is 13.5. The number of halogens is 3. The van der Waals surface area contributed by atoms with Crippen molar-refractivity contribution in [1.82, 2.24) is 9.78 Å². The van der Waals surface area contributed by atoms with Crippen LogP contribution in [0.4, 0.5) is 24.0 Å². The van der Waals surface area contributed by atoms with Crippen LogP contribution in [0.3, 0.4) is 0 Å². The van der Waals surface area contributed by atoms with Gasteiger partial charge in [-0.25, -0.2) is 9.48 Å². The van der Waals surface area contributed by atoms with Crippen molar-refractivity contribution in [3.63, 3.8) is 0 Å². The summed E-state index contributed by atoms with van der Waals surface area (Å²) in [5.74, 6) is -1.16. The number of alkyl halides is 3. The second kappa shape index (κ2) is 10.1. The van der Waals surface area contributed by atoms with E-state index in [1.807, 2.05) is 19.1 Å². The van der Waals surface area contributed by atoms with Gasteiger partial charge in [-0.05, 0) is 57.6 Å². The number of aryl methyl sites for hydroxylation is 2. The highest BCUT2D eigenvalue weighted by molar-refractivity contribution is 7.17. The van der Waals surface area contributed by atoms with E-state index in [0.717, 1.165) is 46.1 Å². The highest BCUT2D eigenvalue weighted by atomic mass is 32.1. The Balaban J connectivity index is 1.49. The van der Waals surface area contributed by atoms with Gasteiger partial charge in [0.05, 0.1) is 23.9 Å². The number of hydrogen-bond acceptors (Lipinski definition) is 6. The van der Waals surface area contributed by atoms with Gasteiger partial charge in [-0.3, -0.25) is 4.79 Å². The number of rotatable bonds is 5. The Hall–Kier alpha value is -3.34. The van der Waals surface area contributed by atoms with E-state index < -0.39 is 30.1 Å². The predicted octanol–water partition coefficient (Wildman–Crippen LogP) is 6.61. The highest BCUT2D eigenvalue weighted by Crippen LogP contribution is 2.45. The zero-order valence-electron chi connectivity index (χ0n) is 21.3. The number of carbonyl (C=O) groups is 2. The van der Waals surface area contributed by atoms with Crippen LogP contribution < -0.4 is 10.6 Å². The molecule has 2 N–H and O–H groups in total. The van der Waals surface area contributed by atoms with Crippen LogP contribution in [0.25, 0.3) is 0 Å². The Morgan fingerprint density at radius 2 is 1.89 bits per heavy atom. The molecule has 0 saturated heterocycles. The van der Waals surface area contributed by atoms with Gasteiger partial charge in [-0.1, -0.05) is 29.8 Å². The smallest absolute Gasteiger partial charge is 0.410 e. The Labute approximate surface area is 222 Å². The van der Waals surface area contributed by atoms with Crippen molar-refractivity contribution in [3.8, 4) is 0 Å². The normalized spacial score (nSPS) is 18.9. The molecule has 0 spiro atoms. The number of ether oxygens (including phenoxy) is 1.